The average Bonchev–Trinajstić information content (AvgIpc) is 2.30. The molecular weight excluding hydrogens is 226 g/mol. The predicted octanol–water partition coefficient (Wildman–Crippen LogP) is 1.75. The fraction of sp³-hybridized carbons (Fsp3) is 0.222. The van der Waals surface area contributed by atoms with Crippen molar-refractivity contribution in [2.75, 3.05) is 6.54 Å². The summed E-state index contributed by atoms with van der Waals surface area (Å²) in [6.07, 6.45) is 0.334. The van der Waals surface area contributed by atoms with Gasteiger partial charge in [0.25, 0.3) is 0 Å². The largest absolute Gasteiger partial charge is 0.501 e. The number of hydrogen-bond acceptors (Lipinski definition) is 5. The first kappa shape index (κ1) is 12.3. The Morgan fingerprint density at radius 2 is 2.41 bits per heavy atom. The van der Waals surface area contributed by atoms with Crippen LogP contribution in [0.2, 0.25) is 0 Å². The van der Waals surface area contributed by atoms with Crippen LogP contribution >= 0.6 is 0 Å². The highest BCUT2D eigenvalue weighted by molar-refractivity contribution is 5.43. The third kappa shape index (κ3) is 3.70. The Morgan fingerprint density at radius 3 is 3.06 bits per heavy atom. The van der Waals surface area contributed by atoms with Gasteiger partial charge in [-0.1, -0.05) is 11.0 Å². The average molecular weight is 233 g/mol. The molecule has 0 aliphatic rings. The molecule has 1 aromatic heterocycles. The summed E-state index contributed by atoms with van der Waals surface area (Å²) in [5, 5.41) is 22.9. The van der Waals surface area contributed by atoms with Gasteiger partial charge in [-0.25, -0.2) is 0 Å². The second-order valence-electron chi connectivity index (χ2n) is 2.80. The van der Waals surface area contributed by atoms with E-state index < -0.39 is 16.5 Å². The van der Waals surface area contributed by atoms with Crippen molar-refractivity contribution < 1.29 is 10.0 Å². The zero-order valence-electron chi connectivity index (χ0n) is 8.57. The van der Waals surface area contributed by atoms with Crippen molar-refractivity contribution in [2.45, 2.75) is 6.42 Å². The number of nitrogens with zero attached hydrogens (tertiary/aromatic N) is 5. The molecule has 0 radical (unpaired) electrons. The van der Waals surface area contributed by atoms with Gasteiger partial charge < -0.3 is 15.2 Å². The van der Waals surface area contributed by atoms with Gasteiger partial charge >= 0.3 is 5.82 Å². The molecule has 0 fully saturated rings. The summed E-state index contributed by atoms with van der Waals surface area (Å²) in [7, 11) is 0. The van der Waals surface area contributed by atoms with Crippen molar-refractivity contribution in [3.63, 3.8) is 0 Å². The summed E-state index contributed by atoms with van der Waals surface area (Å²) in [6.45, 7) is 0.226. The summed E-state index contributed by atoms with van der Waals surface area (Å²) in [6, 6.07) is 2.52. The van der Waals surface area contributed by atoms with Crippen LogP contribution in [0.15, 0.2) is 17.2 Å². The van der Waals surface area contributed by atoms with Gasteiger partial charge in [-0.05, 0) is 27.4 Å². The van der Waals surface area contributed by atoms with Gasteiger partial charge in [0.15, 0.2) is 0 Å². The minimum atomic E-state index is -0.791. The van der Waals surface area contributed by atoms with Crippen LogP contribution in [0.1, 0.15) is 12.1 Å². The van der Waals surface area contributed by atoms with Crippen LogP contribution in [0.4, 0.5) is 5.82 Å². The highest BCUT2D eigenvalue weighted by Crippen LogP contribution is 2.21. The maximum absolute atomic E-state index is 10.5. The molecular formula is C9H7N5O3. The van der Waals surface area contributed by atoms with Crippen LogP contribution in [-0.4, -0.2) is 21.6 Å². The van der Waals surface area contributed by atoms with Crippen molar-refractivity contribution in [3.05, 3.63) is 38.4 Å². The third-order valence-corrected chi connectivity index (χ3v) is 1.64. The van der Waals surface area contributed by atoms with Gasteiger partial charge in [0.2, 0.25) is 11.4 Å². The molecule has 0 saturated carbocycles. The first-order chi connectivity index (χ1) is 8.15. The Hall–Kier alpha value is -2.78. The van der Waals surface area contributed by atoms with Crippen LogP contribution in [-0.2, 0) is 0 Å². The molecule has 17 heavy (non-hydrogen) atoms. The first-order valence-electron chi connectivity index (χ1n) is 4.49. The Labute approximate surface area is 95.7 Å². The number of aromatic nitrogens is 1. The SMILES string of the molecule is [N-]=[N+]=NCCC#Cc1ccc(O)c([N+](=O)[O-])n1. The lowest BCUT2D eigenvalue weighted by molar-refractivity contribution is -0.390. The van der Waals surface area contributed by atoms with E-state index in [-0.39, 0.29) is 12.2 Å². The Balaban J connectivity index is 2.82. The number of pyridine rings is 1. The molecule has 0 aliphatic carbocycles. The predicted molar refractivity (Wildman–Crippen MR) is 58.1 cm³/mol. The summed E-state index contributed by atoms with van der Waals surface area (Å²) < 4.78 is 0. The lowest BCUT2D eigenvalue weighted by Crippen LogP contribution is -1.94. The molecule has 0 saturated heterocycles. The van der Waals surface area contributed by atoms with Gasteiger partial charge in [-0.2, -0.15) is 0 Å². The van der Waals surface area contributed by atoms with E-state index in [2.05, 4.69) is 26.9 Å². The number of hydrogen-bond donors (Lipinski definition) is 1. The number of rotatable bonds is 3. The number of aromatic hydroxyl groups is 1. The zero-order valence-corrected chi connectivity index (χ0v) is 8.57. The van der Waals surface area contributed by atoms with Gasteiger partial charge in [-0.3, -0.25) is 0 Å². The smallest absolute Gasteiger partial charge is 0.407 e. The van der Waals surface area contributed by atoms with E-state index in [1.54, 1.807) is 0 Å². The van der Waals surface area contributed by atoms with Gasteiger partial charge in [0.05, 0.1) is 0 Å². The minimum Gasteiger partial charge on any atom is -0.501 e. The molecule has 0 spiro atoms. The molecule has 0 unspecified atom stereocenters. The normalized spacial score (nSPS) is 8.71. The highest BCUT2D eigenvalue weighted by atomic mass is 16.6. The Morgan fingerprint density at radius 1 is 1.65 bits per heavy atom. The van der Waals surface area contributed by atoms with Crippen molar-refractivity contribution in [1.82, 2.24) is 4.98 Å². The van der Waals surface area contributed by atoms with E-state index in [1.165, 1.54) is 6.07 Å². The Bertz CT molecular complexity index is 539. The van der Waals surface area contributed by atoms with Crippen molar-refractivity contribution in [2.24, 2.45) is 5.11 Å². The van der Waals surface area contributed by atoms with Gasteiger partial charge in [0.1, 0.15) is 0 Å². The second-order valence-corrected chi connectivity index (χ2v) is 2.80. The lowest BCUT2D eigenvalue weighted by Gasteiger charge is -1.94. The quantitative estimate of drug-likeness (QED) is 0.162. The van der Waals surface area contributed by atoms with Gasteiger partial charge in [-0.15, -0.1) is 0 Å². The van der Waals surface area contributed by atoms with Crippen LogP contribution < -0.4 is 0 Å². The van der Waals surface area contributed by atoms with Crippen LogP contribution in [0.3, 0.4) is 0 Å². The molecule has 0 aliphatic heterocycles. The molecule has 1 N–H and O–H groups in total. The molecule has 8 nitrogen and oxygen atoms in total. The van der Waals surface area contributed by atoms with E-state index >= 15 is 0 Å². The van der Waals surface area contributed by atoms with Crippen LogP contribution in [0.25, 0.3) is 10.4 Å². The maximum atomic E-state index is 10.5. The summed E-state index contributed by atoms with van der Waals surface area (Å²) in [5.41, 5.74) is 8.18. The minimum absolute atomic E-state index is 0.176. The first-order valence-corrected chi connectivity index (χ1v) is 4.49. The zero-order chi connectivity index (χ0) is 12.7. The molecule has 8 heteroatoms. The van der Waals surface area contributed by atoms with E-state index in [0.29, 0.717) is 6.42 Å². The lowest BCUT2D eigenvalue weighted by atomic mass is 10.3. The number of nitro groups is 1. The summed E-state index contributed by atoms with van der Waals surface area (Å²) in [4.78, 5) is 15.8. The standard InChI is InChI=1S/C9H7N5O3/c10-13-11-6-2-1-3-7-4-5-8(15)9(12-7)14(16)17/h4-5,15H,2,6H2. The molecule has 0 amide bonds. The fourth-order valence-electron chi connectivity index (χ4n) is 0.949. The molecule has 1 rings (SSSR count). The maximum Gasteiger partial charge on any atom is 0.407 e. The van der Waals surface area contributed by atoms with E-state index in [0.717, 1.165) is 6.07 Å². The van der Waals surface area contributed by atoms with Crippen molar-refractivity contribution in [3.8, 4) is 17.6 Å². The van der Waals surface area contributed by atoms with Crippen molar-refractivity contribution >= 4 is 5.82 Å². The molecule has 1 heterocycles. The van der Waals surface area contributed by atoms with E-state index in [4.69, 9.17) is 10.6 Å². The topological polar surface area (TPSA) is 125 Å². The van der Waals surface area contributed by atoms with Gasteiger partial charge in [0, 0.05) is 23.9 Å². The molecule has 0 atom stereocenters. The van der Waals surface area contributed by atoms with Crippen LogP contribution in [0.5, 0.6) is 5.75 Å². The molecule has 0 aromatic carbocycles. The number of azide groups is 1. The molecule has 0 bridgehead atoms. The van der Waals surface area contributed by atoms with E-state index in [1.807, 2.05) is 0 Å². The second kappa shape index (κ2) is 5.95. The summed E-state index contributed by atoms with van der Waals surface area (Å²) >= 11 is 0. The van der Waals surface area contributed by atoms with Crippen molar-refractivity contribution in [1.29, 1.82) is 0 Å². The third-order valence-electron chi connectivity index (χ3n) is 1.64. The highest BCUT2D eigenvalue weighted by Gasteiger charge is 2.15. The molecule has 1 aromatic rings. The monoisotopic (exact) mass is 233 g/mol. The summed E-state index contributed by atoms with van der Waals surface area (Å²) in [5.74, 6) is 4.07. The van der Waals surface area contributed by atoms with Crippen LogP contribution in [0, 0.1) is 22.0 Å². The Kier molecular flexibility index (Phi) is 4.30. The van der Waals surface area contributed by atoms with E-state index in [9.17, 15) is 10.1 Å². The fourth-order valence-corrected chi connectivity index (χ4v) is 0.949. The molecule has 86 valence electrons.